The summed E-state index contributed by atoms with van der Waals surface area (Å²) in [4.78, 5) is 3.99. The second-order valence-corrected chi connectivity index (χ2v) is 4.80. The quantitative estimate of drug-likeness (QED) is 0.621. The number of benzene rings is 1. The van der Waals surface area contributed by atoms with E-state index in [4.69, 9.17) is 16.3 Å². The summed E-state index contributed by atoms with van der Waals surface area (Å²) >= 11 is 8.18. The van der Waals surface area contributed by atoms with E-state index in [0.29, 0.717) is 11.8 Å². The van der Waals surface area contributed by atoms with Gasteiger partial charge in [0.1, 0.15) is 17.5 Å². The van der Waals surface area contributed by atoms with Gasteiger partial charge in [0.25, 0.3) is 0 Å². The molecule has 0 aliphatic rings. The lowest BCUT2D eigenvalue weighted by atomic mass is 10.3. The van der Waals surface area contributed by atoms with Crippen molar-refractivity contribution >= 4 is 34.2 Å². The molecule has 0 atom stereocenters. The van der Waals surface area contributed by atoms with Crippen molar-refractivity contribution in [3.05, 3.63) is 56.9 Å². The first-order chi connectivity index (χ1) is 7.75. The second kappa shape index (κ2) is 5.50. The molecular weight excluding hydrogens is 336 g/mol. The number of rotatable bonds is 3. The molecule has 1 aromatic heterocycles. The van der Waals surface area contributed by atoms with Gasteiger partial charge in [-0.15, -0.1) is 0 Å². The third-order valence-electron chi connectivity index (χ3n) is 2.03. The summed E-state index contributed by atoms with van der Waals surface area (Å²) in [5.41, 5.74) is 0.892. The molecule has 0 aliphatic heterocycles. The smallest absolute Gasteiger partial charge is 0.135 e. The van der Waals surface area contributed by atoms with Crippen LogP contribution >= 0.6 is 34.2 Å². The van der Waals surface area contributed by atoms with Gasteiger partial charge in [-0.3, -0.25) is 0 Å². The molecule has 0 fully saturated rings. The number of ether oxygens (including phenoxy) is 1. The van der Waals surface area contributed by atoms with Gasteiger partial charge in [-0.25, -0.2) is 4.98 Å². The number of pyridine rings is 1. The fourth-order valence-electron chi connectivity index (χ4n) is 1.24. The molecule has 4 heteroatoms. The Kier molecular flexibility index (Phi) is 4.01. The second-order valence-electron chi connectivity index (χ2n) is 3.20. The maximum atomic E-state index is 5.93. The molecule has 0 unspecified atom stereocenters. The molecule has 2 rings (SSSR count). The zero-order chi connectivity index (χ0) is 11.4. The fraction of sp³-hybridized carbons (Fsp3) is 0.0833. The van der Waals surface area contributed by atoms with E-state index in [-0.39, 0.29) is 0 Å². The standard InChI is InChI=1S/C12H9ClINO/c13-12-9(3-2-6-15-12)8-16-11-5-1-4-10(14)7-11/h1-7H,8H2. The largest absolute Gasteiger partial charge is 0.489 e. The van der Waals surface area contributed by atoms with Crippen molar-refractivity contribution in [3.63, 3.8) is 0 Å². The van der Waals surface area contributed by atoms with Crippen molar-refractivity contribution in [3.8, 4) is 5.75 Å². The molecular formula is C12H9ClINO. The Morgan fingerprint density at radius 3 is 2.88 bits per heavy atom. The summed E-state index contributed by atoms with van der Waals surface area (Å²) in [7, 11) is 0. The lowest BCUT2D eigenvalue weighted by Crippen LogP contribution is -1.97. The highest BCUT2D eigenvalue weighted by atomic mass is 127. The normalized spacial score (nSPS) is 10.1. The molecule has 0 saturated carbocycles. The van der Waals surface area contributed by atoms with Crippen molar-refractivity contribution in [2.24, 2.45) is 0 Å². The van der Waals surface area contributed by atoms with Gasteiger partial charge in [0.15, 0.2) is 0 Å². The van der Waals surface area contributed by atoms with E-state index in [9.17, 15) is 0 Å². The van der Waals surface area contributed by atoms with Crippen LogP contribution in [0.4, 0.5) is 0 Å². The first kappa shape index (κ1) is 11.7. The molecule has 0 aliphatic carbocycles. The Labute approximate surface area is 113 Å². The van der Waals surface area contributed by atoms with Gasteiger partial charge >= 0.3 is 0 Å². The molecule has 0 amide bonds. The molecule has 0 saturated heterocycles. The number of hydrogen-bond donors (Lipinski definition) is 0. The van der Waals surface area contributed by atoms with E-state index in [1.54, 1.807) is 6.20 Å². The average Bonchev–Trinajstić information content (AvgIpc) is 2.28. The van der Waals surface area contributed by atoms with Gasteiger partial charge < -0.3 is 4.74 Å². The third kappa shape index (κ3) is 3.09. The lowest BCUT2D eigenvalue weighted by Gasteiger charge is -2.07. The number of aromatic nitrogens is 1. The molecule has 0 N–H and O–H groups in total. The molecule has 2 aromatic rings. The predicted molar refractivity (Wildman–Crippen MR) is 72.7 cm³/mol. The Hall–Kier alpha value is -0.810. The first-order valence-electron chi connectivity index (χ1n) is 4.73. The minimum absolute atomic E-state index is 0.437. The van der Waals surface area contributed by atoms with Gasteiger partial charge in [-0.05, 0) is 46.9 Å². The predicted octanol–water partition coefficient (Wildman–Crippen LogP) is 3.92. The van der Waals surface area contributed by atoms with E-state index in [0.717, 1.165) is 14.9 Å². The first-order valence-corrected chi connectivity index (χ1v) is 6.19. The zero-order valence-corrected chi connectivity index (χ0v) is 11.3. The van der Waals surface area contributed by atoms with Crippen LogP contribution in [-0.2, 0) is 6.61 Å². The minimum atomic E-state index is 0.437. The maximum Gasteiger partial charge on any atom is 0.135 e. The number of hydrogen-bond acceptors (Lipinski definition) is 2. The average molecular weight is 346 g/mol. The van der Waals surface area contributed by atoms with E-state index in [2.05, 4.69) is 27.6 Å². The Balaban J connectivity index is 2.05. The molecule has 16 heavy (non-hydrogen) atoms. The van der Waals surface area contributed by atoms with Crippen LogP contribution in [0.5, 0.6) is 5.75 Å². The zero-order valence-electron chi connectivity index (χ0n) is 8.36. The van der Waals surface area contributed by atoms with Crippen LogP contribution in [-0.4, -0.2) is 4.98 Å². The topological polar surface area (TPSA) is 22.1 Å². The molecule has 2 nitrogen and oxygen atoms in total. The van der Waals surface area contributed by atoms with Crippen molar-refractivity contribution in [2.45, 2.75) is 6.61 Å². The summed E-state index contributed by atoms with van der Waals surface area (Å²) < 4.78 is 6.77. The van der Waals surface area contributed by atoms with Crippen LogP contribution in [0.3, 0.4) is 0 Å². The van der Waals surface area contributed by atoms with E-state index in [1.165, 1.54) is 0 Å². The summed E-state index contributed by atoms with van der Waals surface area (Å²) in [6, 6.07) is 11.6. The van der Waals surface area contributed by atoms with Crippen molar-refractivity contribution < 1.29 is 4.74 Å². The Morgan fingerprint density at radius 1 is 1.25 bits per heavy atom. The fourth-order valence-corrected chi connectivity index (χ4v) is 1.93. The van der Waals surface area contributed by atoms with Gasteiger partial charge in [-0.1, -0.05) is 23.7 Å². The lowest BCUT2D eigenvalue weighted by molar-refractivity contribution is 0.305. The molecule has 0 radical (unpaired) electrons. The van der Waals surface area contributed by atoms with E-state index < -0.39 is 0 Å². The molecule has 0 spiro atoms. The maximum absolute atomic E-state index is 5.93. The van der Waals surface area contributed by atoms with Crippen molar-refractivity contribution in [1.82, 2.24) is 4.98 Å². The van der Waals surface area contributed by atoms with Crippen LogP contribution in [0.1, 0.15) is 5.56 Å². The van der Waals surface area contributed by atoms with Gasteiger partial charge in [-0.2, -0.15) is 0 Å². The minimum Gasteiger partial charge on any atom is -0.489 e. The van der Waals surface area contributed by atoms with Crippen LogP contribution in [0, 0.1) is 3.57 Å². The summed E-state index contributed by atoms with van der Waals surface area (Å²) in [6.45, 7) is 0.437. The van der Waals surface area contributed by atoms with E-state index in [1.807, 2.05) is 36.4 Å². The van der Waals surface area contributed by atoms with Gasteiger partial charge in [0, 0.05) is 15.3 Å². The SMILES string of the molecule is Clc1ncccc1COc1cccc(I)c1. The Morgan fingerprint density at radius 2 is 2.12 bits per heavy atom. The number of nitrogens with zero attached hydrogens (tertiary/aromatic N) is 1. The Bertz CT molecular complexity index is 490. The van der Waals surface area contributed by atoms with Gasteiger partial charge in [0.05, 0.1) is 0 Å². The summed E-state index contributed by atoms with van der Waals surface area (Å²) in [5, 5.41) is 0.494. The highest BCUT2D eigenvalue weighted by Gasteiger charge is 2.01. The molecule has 1 heterocycles. The molecule has 0 bridgehead atoms. The van der Waals surface area contributed by atoms with Crippen LogP contribution in [0.2, 0.25) is 5.15 Å². The third-order valence-corrected chi connectivity index (χ3v) is 3.04. The summed E-state index contributed by atoms with van der Waals surface area (Å²) in [5.74, 6) is 0.840. The highest BCUT2D eigenvalue weighted by Crippen LogP contribution is 2.18. The van der Waals surface area contributed by atoms with E-state index >= 15 is 0 Å². The van der Waals surface area contributed by atoms with Gasteiger partial charge in [0.2, 0.25) is 0 Å². The molecule has 82 valence electrons. The monoisotopic (exact) mass is 345 g/mol. The van der Waals surface area contributed by atoms with Crippen LogP contribution in [0.15, 0.2) is 42.6 Å². The highest BCUT2D eigenvalue weighted by molar-refractivity contribution is 14.1. The van der Waals surface area contributed by atoms with Crippen LogP contribution < -0.4 is 4.74 Å². The van der Waals surface area contributed by atoms with Crippen molar-refractivity contribution in [2.75, 3.05) is 0 Å². The van der Waals surface area contributed by atoms with Crippen LogP contribution in [0.25, 0.3) is 0 Å². The number of halogens is 2. The molecule has 1 aromatic carbocycles. The van der Waals surface area contributed by atoms with Crippen molar-refractivity contribution in [1.29, 1.82) is 0 Å². The summed E-state index contributed by atoms with van der Waals surface area (Å²) in [6.07, 6.45) is 1.66.